The van der Waals surface area contributed by atoms with E-state index in [2.05, 4.69) is 13.8 Å². The van der Waals surface area contributed by atoms with Gasteiger partial charge in [-0.3, -0.25) is 0 Å². The molecule has 0 aromatic heterocycles. The van der Waals surface area contributed by atoms with Gasteiger partial charge in [0.2, 0.25) is 0 Å². The second-order valence-electron chi connectivity index (χ2n) is 10.2. The van der Waals surface area contributed by atoms with Crippen molar-refractivity contribution in [3.8, 4) is 0 Å². The number of hydrogen-bond donors (Lipinski definition) is 2. The summed E-state index contributed by atoms with van der Waals surface area (Å²) in [6.45, 7) is 6.35. The van der Waals surface area contributed by atoms with Crippen LogP contribution in [0, 0.1) is 34.5 Å². The van der Waals surface area contributed by atoms with Gasteiger partial charge in [0.15, 0.2) is 5.79 Å². The van der Waals surface area contributed by atoms with Crippen LogP contribution in [-0.2, 0) is 9.47 Å². The van der Waals surface area contributed by atoms with E-state index in [1.165, 1.54) is 32.1 Å². The average molecular weight is 350 g/mol. The fraction of sp³-hybridized carbons (Fsp3) is 1.00. The Balaban J connectivity index is 1.45. The van der Waals surface area contributed by atoms with Crippen LogP contribution in [0.5, 0.6) is 0 Å². The lowest BCUT2D eigenvalue weighted by Gasteiger charge is -2.61. The molecule has 1 heterocycles. The van der Waals surface area contributed by atoms with Gasteiger partial charge >= 0.3 is 0 Å². The van der Waals surface area contributed by atoms with Crippen LogP contribution in [0.4, 0.5) is 0 Å². The molecule has 5 fully saturated rings. The van der Waals surface area contributed by atoms with Crippen molar-refractivity contribution in [1.29, 1.82) is 0 Å². The molecular weight excluding hydrogens is 316 g/mol. The van der Waals surface area contributed by atoms with Crippen LogP contribution >= 0.6 is 0 Å². The predicted octanol–water partition coefficient (Wildman–Crippen LogP) is 3.10. The number of aliphatic hydroxyl groups excluding tert-OH is 2. The van der Waals surface area contributed by atoms with Crippen LogP contribution in [0.1, 0.15) is 65.2 Å². The maximum atomic E-state index is 10.4. The lowest BCUT2D eigenvalue weighted by molar-refractivity contribution is -0.249. The van der Waals surface area contributed by atoms with Gasteiger partial charge < -0.3 is 19.7 Å². The van der Waals surface area contributed by atoms with Gasteiger partial charge in [-0.25, -0.2) is 0 Å². The number of rotatable bonds is 0. The SMILES string of the molecule is C[C@]12C[C@@H](O)[C@H](O)C[C@@H]1CC[C@@H]1[C@@H]2CC[C@@]2(C)[C@H]1CCC21OCCO1. The van der Waals surface area contributed by atoms with Gasteiger partial charge in [-0.05, 0) is 74.0 Å². The summed E-state index contributed by atoms with van der Waals surface area (Å²) < 4.78 is 12.4. The standard InChI is InChI=1S/C21H34O4/c1-19-12-18(23)17(22)11-13(19)3-4-14-15(19)5-7-20(2)16(14)6-8-21(20)24-9-10-25-21/h13-18,22-23H,3-12H2,1-2H3/t13-,14+,15-,16-,17+,18+,19-,20-/m0/s1. The predicted molar refractivity (Wildman–Crippen MR) is 93.8 cm³/mol. The Morgan fingerprint density at radius 2 is 1.56 bits per heavy atom. The van der Waals surface area contributed by atoms with Crippen molar-refractivity contribution in [1.82, 2.24) is 0 Å². The van der Waals surface area contributed by atoms with Crippen molar-refractivity contribution in [3.63, 3.8) is 0 Å². The molecule has 142 valence electrons. The van der Waals surface area contributed by atoms with Crippen molar-refractivity contribution >= 4 is 0 Å². The highest BCUT2D eigenvalue weighted by Gasteiger charge is 2.67. The lowest BCUT2D eigenvalue weighted by atomic mass is 9.44. The Morgan fingerprint density at radius 3 is 2.32 bits per heavy atom. The number of ether oxygens (including phenoxy) is 2. The van der Waals surface area contributed by atoms with Crippen molar-refractivity contribution in [2.75, 3.05) is 13.2 Å². The van der Waals surface area contributed by atoms with E-state index < -0.39 is 12.2 Å². The second kappa shape index (κ2) is 5.43. The maximum absolute atomic E-state index is 10.4. The molecule has 4 nitrogen and oxygen atoms in total. The van der Waals surface area contributed by atoms with E-state index >= 15 is 0 Å². The highest BCUT2D eigenvalue weighted by molar-refractivity contribution is 5.13. The minimum Gasteiger partial charge on any atom is -0.390 e. The topological polar surface area (TPSA) is 58.9 Å². The zero-order chi connectivity index (χ0) is 17.4. The van der Waals surface area contributed by atoms with Crippen LogP contribution in [0.25, 0.3) is 0 Å². The summed E-state index contributed by atoms with van der Waals surface area (Å²) in [6.07, 6.45) is 7.70. The summed E-state index contributed by atoms with van der Waals surface area (Å²) in [4.78, 5) is 0. The molecule has 0 amide bonds. The summed E-state index contributed by atoms with van der Waals surface area (Å²) in [5.74, 6) is 2.36. The minimum atomic E-state index is -0.537. The average Bonchev–Trinajstić information content (AvgIpc) is 3.16. The molecule has 0 radical (unpaired) electrons. The van der Waals surface area contributed by atoms with Crippen molar-refractivity contribution in [3.05, 3.63) is 0 Å². The normalized spacial score (nSPS) is 57.1. The fourth-order valence-corrected chi connectivity index (χ4v) is 8.16. The van der Waals surface area contributed by atoms with Gasteiger partial charge in [-0.15, -0.1) is 0 Å². The molecule has 1 saturated heterocycles. The Kier molecular flexibility index (Phi) is 3.69. The van der Waals surface area contributed by atoms with E-state index in [1.807, 2.05) is 0 Å². The summed E-state index contributed by atoms with van der Waals surface area (Å²) in [6, 6.07) is 0. The first kappa shape index (κ1) is 17.0. The zero-order valence-corrected chi connectivity index (χ0v) is 15.7. The summed E-state index contributed by atoms with van der Waals surface area (Å²) in [5.41, 5.74) is 0.344. The van der Waals surface area contributed by atoms with E-state index in [0.717, 1.165) is 38.4 Å². The first-order valence-corrected chi connectivity index (χ1v) is 10.5. The van der Waals surface area contributed by atoms with Gasteiger partial charge in [-0.1, -0.05) is 13.8 Å². The molecule has 1 aliphatic heterocycles. The highest BCUT2D eigenvalue weighted by Crippen LogP contribution is 2.69. The van der Waals surface area contributed by atoms with E-state index in [4.69, 9.17) is 9.47 Å². The summed E-state index contributed by atoms with van der Waals surface area (Å²) in [5, 5.41) is 20.6. The summed E-state index contributed by atoms with van der Waals surface area (Å²) in [7, 11) is 0. The van der Waals surface area contributed by atoms with Gasteiger partial charge in [0.1, 0.15) is 0 Å². The molecule has 4 aliphatic carbocycles. The van der Waals surface area contributed by atoms with Gasteiger partial charge in [0.05, 0.1) is 25.4 Å². The third-order valence-corrected chi connectivity index (χ3v) is 9.48. The Labute approximate surface area is 151 Å². The van der Waals surface area contributed by atoms with Gasteiger partial charge in [0, 0.05) is 11.8 Å². The highest BCUT2D eigenvalue weighted by atomic mass is 16.7. The largest absolute Gasteiger partial charge is 0.390 e. The smallest absolute Gasteiger partial charge is 0.174 e. The molecule has 2 N–H and O–H groups in total. The quantitative estimate of drug-likeness (QED) is 0.705. The summed E-state index contributed by atoms with van der Waals surface area (Å²) >= 11 is 0. The van der Waals surface area contributed by atoms with Crippen molar-refractivity contribution in [2.24, 2.45) is 34.5 Å². The van der Waals surface area contributed by atoms with Crippen LogP contribution in [-0.4, -0.2) is 41.4 Å². The first-order valence-electron chi connectivity index (χ1n) is 10.5. The molecule has 25 heavy (non-hydrogen) atoms. The Hall–Kier alpha value is -0.160. The second-order valence-corrected chi connectivity index (χ2v) is 10.2. The van der Waals surface area contributed by atoms with Crippen LogP contribution in [0.3, 0.4) is 0 Å². The van der Waals surface area contributed by atoms with Gasteiger partial charge in [-0.2, -0.15) is 0 Å². The lowest BCUT2D eigenvalue weighted by Crippen LogP contribution is -2.58. The molecule has 8 atom stereocenters. The van der Waals surface area contributed by atoms with Crippen LogP contribution in [0.2, 0.25) is 0 Å². The van der Waals surface area contributed by atoms with Crippen molar-refractivity contribution < 1.29 is 19.7 Å². The molecular formula is C21H34O4. The number of hydrogen-bond acceptors (Lipinski definition) is 4. The zero-order valence-electron chi connectivity index (χ0n) is 15.7. The molecule has 0 bridgehead atoms. The monoisotopic (exact) mass is 350 g/mol. The first-order chi connectivity index (χ1) is 11.9. The Bertz CT molecular complexity index is 544. The molecule has 0 unspecified atom stereocenters. The molecule has 0 aromatic carbocycles. The molecule has 1 spiro atoms. The van der Waals surface area contributed by atoms with Crippen LogP contribution < -0.4 is 0 Å². The molecule has 5 aliphatic rings. The van der Waals surface area contributed by atoms with Crippen LogP contribution in [0.15, 0.2) is 0 Å². The van der Waals surface area contributed by atoms with E-state index in [0.29, 0.717) is 17.8 Å². The molecule has 4 saturated carbocycles. The van der Waals surface area contributed by atoms with E-state index in [9.17, 15) is 10.2 Å². The van der Waals surface area contributed by atoms with Crippen molar-refractivity contribution in [2.45, 2.75) is 83.2 Å². The van der Waals surface area contributed by atoms with E-state index in [-0.39, 0.29) is 16.6 Å². The molecule has 5 rings (SSSR count). The number of aliphatic hydroxyl groups is 2. The molecule has 4 heteroatoms. The third kappa shape index (κ3) is 2.09. The third-order valence-electron chi connectivity index (χ3n) is 9.48. The Morgan fingerprint density at radius 1 is 0.840 bits per heavy atom. The fourth-order valence-electron chi connectivity index (χ4n) is 8.16. The molecule has 0 aromatic rings. The van der Waals surface area contributed by atoms with E-state index in [1.54, 1.807) is 0 Å². The van der Waals surface area contributed by atoms with Gasteiger partial charge in [0.25, 0.3) is 0 Å². The minimum absolute atomic E-state index is 0.153. The maximum Gasteiger partial charge on any atom is 0.174 e. The number of fused-ring (bicyclic) bond motifs is 6.